The SMILES string of the molecule is CCn1nc(C)c(Cn2cnc3sc(C)cc3c2=O)n1. The van der Waals surface area contributed by atoms with Crippen LogP contribution in [0.5, 0.6) is 0 Å². The molecule has 0 aliphatic rings. The normalized spacial score (nSPS) is 11.3. The molecule has 7 heteroatoms. The quantitative estimate of drug-likeness (QED) is 0.736. The van der Waals surface area contributed by atoms with Crippen LogP contribution in [-0.4, -0.2) is 24.5 Å². The van der Waals surface area contributed by atoms with E-state index in [1.54, 1.807) is 15.7 Å². The third-order valence-electron chi connectivity index (χ3n) is 3.16. The summed E-state index contributed by atoms with van der Waals surface area (Å²) >= 11 is 1.54. The molecule has 0 saturated carbocycles. The van der Waals surface area contributed by atoms with Gasteiger partial charge in [-0.1, -0.05) is 0 Å². The van der Waals surface area contributed by atoms with Crippen molar-refractivity contribution in [2.75, 3.05) is 0 Å². The Morgan fingerprint density at radius 2 is 2.10 bits per heavy atom. The minimum Gasteiger partial charge on any atom is -0.292 e. The number of aryl methyl sites for hydroxylation is 3. The van der Waals surface area contributed by atoms with Crippen molar-refractivity contribution < 1.29 is 0 Å². The van der Waals surface area contributed by atoms with Gasteiger partial charge in [0.05, 0.1) is 30.5 Å². The summed E-state index contributed by atoms with van der Waals surface area (Å²) in [4.78, 5) is 20.3. The number of thiophene rings is 1. The largest absolute Gasteiger partial charge is 0.292 e. The van der Waals surface area contributed by atoms with Crippen molar-refractivity contribution in [1.82, 2.24) is 24.5 Å². The summed E-state index contributed by atoms with van der Waals surface area (Å²) < 4.78 is 1.59. The molecule has 0 bridgehead atoms. The third kappa shape index (κ3) is 2.14. The predicted octanol–water partition coefficient (Wildman–Crippen LogP) is 1.73. The highest BCUT2D eigenvalue weighted by molar-refractivity contribution is 7.18. The molecule has 3 aromatic rings. The second-order valence-electron chi connectivity index (χ2n) is 4.67. The van der Waals surface area contributed by atoms with Gasteiger partial charge < -0.3 is 0 Å². The topological polar surface area (TPSA) is 65.6 Å². The number of fused-ring (bicyclic) bond motifs is 1. The van der Waals surface area contributed by atoms with Gasteiger partial charge >= 0.3 is 0 Å². The van der Waals surface area contributed by atoms with Crippen molar-refractivity contribution in [3.8, 4) is 0 Å². The molecule has 3 rings (SSSR count). The van der Waals surface area contributed by atoms with E-state index in [2.05, 4.69) is 15.2 Å². The minimum absolute atomic E-state index is 0.0233. The van der Waals surface area contributed by atoms with Crippen LogP contribution in [0.3, 0.4) is 0 Å². The lowest BCUT2D eigenvalue weighted by atomic mass is 10.3. The van der Waals surface area contributed by atoms with Gasteiger partial charge in [0, 0.05) is 4.88 Å². The molecule has 0 aliphatic carbocycles. The maximum Gasteiger partial charge on any atom is 0.262 e. The zero-order valence-electron chi connectivity index (χ0n) is 11.6. The van der Waals surface area contributed by atoms with Crippen molar-refractivity contribution in [1.29, 1.82) is 0 Å². The Morgan fingerprint density at radius 3 is 2.80 bits per heavy atom. The molecular weight excluding hydrogens is 274 g/mol. The summed E-state index contributed by atoms with van der Waals surface area (Å²) in [5.41, 5.74) is 1.63. The van der Waals surface area contributed by atoms with E-state index in [-0.39, 0.29) is 5.56 Å². The van der Waals surface area contributed by atoms with Crippen LogP contribution in [0.1, 0.15) is 23.2 Å². The van der Waals surface area contributed by atoms with Crippen LogP contribution < -0.4 is 5.56 Å². The van der Waals surface area contributed by atoms with Crippen LogP contribution in [0, 0.1) is 13.8 Å². The molecule has 3 aromatic heterocycles. The van der Waals surface area contributed by atoms with Crippen LogP contribution in [-0.2, 0) is 13.1 Å². The first-order valence-corrected chi connectivity index (χ1v) is 7.26. The van der Waals surface area contributed by atoms with E-state index < -0.39 is 0 Å². The summed E-state index contributed by atoms with van der Waals surface area (Å²) in [7, 11) is 0. The van der Waals surface area contributed by atoms with Gasteiger partial charge in [-0.05, 0) is 26.8 Å². The average molecular weight is 289 g/mol. The van der Waals surface area contributed by atoms with Gasteiger partial charge in [0.1, 0.15) is 10.5 Å². The molecule has 0 radical (unpaired) electrons. The monoisotopic (exact) mass is 289 g/mol. The van der Waals surface area contributed by atoms with Crippen LogP contribution >= 0.6 is 11.3 Å². The molecule has 0 amide bonds. The number of aromatic nitrogens is 5. The predicted molar refractivity (Wildman–Crippen MR) is 78.2 cm³/mol. The van der Waals surface area contributed by atoms with E-state index in [1.807, 2.05) is 26.8 Å². The molecule has 0 spiro atoms. The standard InChI is InChI=1S/C13H15N5OS/c1-4-18-15-9(3)11(16-18)6-17-7-14-12-10(13(17)19)5-8(2)20-12/h5,7H,4,6H2,1-3H3. The van der Waals surface area contributed by atoms with Gasteiger partial charge in [-0.15, -0.1) is 11.3 Å². The highest BCUT2D eigenvalue weighted by atomic mass is 32.1. The van der Waals surface area contributed by atoms with E-state index in [0.29, 0.717) is 11.9 Å². The lowest BCUT2D eigenvalue weighted by molar-refractivity contribution is 0.557. The second kappa shape index (κ2) is 4.82. The fourth-order valence-corrected chi connectivity index (χ4v) is 2.94. The van der Waals surface area contributed by atoms with Gasteiger partial charge in [0.25, 0.3) is 5.56 Å². The summed E-state index contributed by atoms with van der Waals surface area (Å²) in [5, 5.41) is 9.34. The number of rotatable bonds is 3. The maximum atomic E-state index is 12.4. The number of hydrogen-bond donors (Lipinski definition) is 0. The fraction of sp³-hybridized carbons (Fsp3) is 0.385. The molecule has 0 unspecified atom stereocenters. The van der Waals surface area contributed by atoms with E-state index >= 15 is 0 Å². The Bertz CT molecular complexity index is 829. The number of nitrogens with zero attached hydrogens (tertiary/aromatic N) is 5. The second-order valence-corrected chi connectivity index (χ2v) is 5.91. The molecule has 0 fully saturated rings. The first-order chi connectivity index (χ1) is 9.58. The van der Waals surface area contributed by atoms with Crippen molar-refractivity contribution in [2.24, 2.45) is 0 Å². The average Bonchev–Trinajstić information content (AvgIpc) is 2.96. The Morgan fingerprint density at radius 1 is 1.30 bits per heavy atom. The Hall–Kier alpha value is -2.02. The summed E-state index contributed by atoms with van der Waals surface area (Å²) in [6, 6.07) is 1.89. The molecule has 3 heterocycles. The van der Waals surface area contributed by atoms with E-state index in [0.717, 1.165) is 27.6 Å². The first kappa shape index (κ1) is 13.0. The molecule has 20 heavy (non-hydrogen) atoms. The summed E-state index contributed by atoms with van der Waals surface area (Å²) in [6.07, 6.45) is 1.59. The number of hydrogen-bond acceptors (Lipinski definition) is 5. The van der Waals surface area contributed by atoms with Crippen LogP contribution in [0.15, 0.2) is 17.2 Å². The van der Waals surface area contributed by atoms with Crippen molar-refractivity contribution >= 4 is 21.6 Å². The fourth-order valence-electron chi connectivity index (χ4n) is 2.11. The Balaban J connectivity index is 2.04. The van der Waals surface area contributed by atoms with E-state index in [9.17, 15) is 4.79 Å². The summed E-state index contributed by atoms with van der Waals surface area (Å²) in [5.74, 6) is 0. The highest BCUT2D eigenvalue weighted by Gasteiger charge is 2.11. The molecular formula is C13H15N5OS. The molecule has 0 saturated heterocycles. The van der Waals surface area contributed by atoms with Crippen LogP contribution in [0.2, 0.25) is 0 Å². The molecule has 6 nitrogen and oxygen atoms in total. The molecule has 0 aliphatic heterocycles. The lowest BCUT2D eigenvalue weighted by Gasteiger charge is -2.02. The van der Waals surface area contributed by atoms with Crippen molar-refractivity contribution in [3.63, 3.8) is 0 Å². The van der Waals surface area contributed by atoms with E-state index in [1.165, 1.54) is 11.3 Å². The smallest absolute Gasteiger partial charge is 0.262 e. The third-order valence-corrected chi connectivity index (χ3v) is 4.12. The van der Waals surface area contributed by atoms with Gasteiger partial charge in [0.15, 0.2) is 0 Å². The van der Waals surface area contributed by atoms with Gasteiger partial charge in [-0.2, -0.15) is 15.0 Å². The zero-order valence-corrected chi connectivity index (χ0v) is 12.4. The molecule has 0 N–H and O–H groups in total. The van der Waals surface area contributed by atoms with Gasteiger partial charge in [-0.3, -0.25) is 9.36 Å². The maximum absolute atomic E-state index is 12.4. The van der Waals surface area contributed by atoms with Gasteiger partial charge in [-0.25, -0.2) is 4.98 Å². The molecule has 0 atom stereocenters. The van der Waals surface area contributed by atoms with Gasteiger partial charge in [0.2, 0.25) is 0 Å². The lowest BCUT2D eigenvalue weighted by Crippen LogP contribution is -2.21. The Labute approximate surface area is 119 Å². The van der Waals surface area contributed by atoms with Crippen LogP contribution in [0.4, 0.5) is 0 Å². The van der Waals surface area contributed by atoms with Crippen molar-refractivity contribution in [2.45, 2.75) is 33.9 Å². The van der Waals surface area contributed by atoms with E-state index in [4.69, 9.17) is 0 Å². The summed E-state index contributed by atoms with van der Waals surface area (Å²) in [6.45, 7) is 6.99. The van der Waals surface area contributed by atoms with Crippen molar-refractivity contribution in [3.05, 3.63) is 39.0 Å². The first-order valence-electron chi connectivity index (χ1n) is 6.44. The zero-order chi connectivity index (χ0) is 14.3. The minimum atomic E-state index is -0.0233. The van der Waals surface area contributed by atoms with Crippen LogP contribution in [0.25, 0.3) is 10.2 Å². The highest BCUT2D eigenvalue weighted by Crippen LogP contribution is 2.19. The Kier molecular flexibility index (Phi) is 3.13. The molecule has 0 aromatic carbocycles. The molecule has 104 valence electrons.